The van der Waals surface area contributed by atoms with Crippen LogP contribution in [0.1, 0.15) is 39.0 Å². The van der Waals surface area contributed by atoms with E-state index in [1.54, 1.807) is 0 Å². The summed E-state index contributed by atoms with van der Waals surface area (Å²) >= 11 is 0. The van der Waals surface area contributed by atoms with Gasteiger partial charge in [-0.15, -0.1) is 0 Å². The first-order chi connectivity index (χ1) is 4.61. The maximum atomic E-state index is 5.90. The number of rotatable bonds is 1. The SMILES string of the molecule is [CH2]C(C)(N)C1CCCCC1. The predicted molar refractivity (Wildman–Crippen MR) is 44.5 cm³/mol. The van der Waals surface area contributed by atoms with E-state index in [4.69, 9.17) is 5.73 Å². The summed E-state index contributed by atoms with van der Waals surface area (Å²) < 4.78 is 0. The van der Waals surface area contributed by atoms with Crippen LogP contribution in [0.3, 0.4) is 0 Å². The van der Waals surface area contributed by atoms with Crippen molar-refractivity contribution in [1.82, 2.24) is 0 Å². The van der Waals surface area contributed by atoms with Gasteiger partial charge in [-0.25, -0.2) is 0 Å². The Hall–Kier alpha value is -0.0400. The summed E-state index contributed by atoms with van der Waals surface area (Å²) in [6.45, 7) is 6.02. The lowest BCUT2D eigenvalue weighted by Gasteiger charge is -2.33. The van der Waals surface area contributed by atoms with E-state index in [2.05, 4.69) is 6.92 Å². The van der Waals surface area contributed by atoms with Gasteiger partial charge in [-0.05, 0) is 32.6 Å². The molecule has 1 unspecified atom stereocenters. The lowest BCUT2D eigenvalue weighted by atomic mass is 9.77. The molecule has 0 spiro atoms. The highest BCUT2D eigenvalue weighted by molar-refractivity contribution is 4.90. The van der Waals surface area contributed by atoms with Gasteiger partial charge in [-0.3, -0.25) is 0 Å². The zero-order valence-corrected chi connectivity index (χ0v) is 6.90. The van der Waals surface area contributed by atoms with Gasteiger partial charge in [0.1, 0.15) is 0 Å². The Bertz CT molecular complexity index is 95.8. The Balaban J connectivity index is 2.39. The summed E-state index contributed by atoms with van der Waals surface area (Å²) in [5, 5.41) is 0. The molecule has 1 aliphatic carbocycles. The normalized spacial score (nSPS) is 23.1. The zero-order valence-electron chi connectivity index (χ0n) is 6.90. The van der Waals surface area contributed by atoms with Crippen molar-refractivity contribution in [2.75, 3.05) is 0 Å². The van der Waals surface area contributed by atoms with Crippen molar-refractivity contribution in [3.8, 4) is 0 Å². The van der Waals surface area contributed by atoms with Crippen molar-refractivity contribution < 1.29 is 0 Å². The number of hydrogen-bond acceptors (Lipinski definition) is 1. The lowest BCUT2D eigenvalue weighted by molar-refractivity contribution is 0.262. The van der Waals surface area contributed by atoms with Crippen LogP contribution in [0.4, 0.5) is 0 Å². The minimum Gasteiger partial charge on any atom is -0.325 e. The van der Waals surface area contributed by atoms with Crippen molar-refractivity contribution in [3.63, 3.8) is 0 Å². The number of hydrogen-bond donors (Lipinski definition) is 1. The van der Waals surface area contributed by atoms with Gasteiger partial charge in [0.05, 0.1) is 0 Å². The van der Waals surface area contributed by atoms with E-state index in [0.717, 1.165) is 0 Å². The Morgan fingerprint density at radius 3 is 2.10 bits per heavy atom. The molecule has 1 fully saturated rings. The van der Waals surface area contributed by atoms with E-state index >= 15 is 0 Å². The van der Waals surface area contributed by atoms with Crippen LogP contribution >= 0.6 is 0 Å². The van der Waals surface area contributed by atoms with Gasteiger partial charge < -0.3 is 5.73 Å². The second-order valence-electron chi connectivity index (χ2n) is 3.84. The van der Waals surface area contributed by atoms with Crippen LogP contribution < -0.4 is 5.73 Å². The quantitative estimate of drug-likeness (QED) is 0.593. The second kappa shape index (κ2) is 2.91. The molecule has 1 saturated carbocycles. The van der Waals surface area contributed by atoms with Crippen LogP contribution in [0.2, 0.25) is 0 Å². The molecule has 0 aromatic rings. The van der Waals surface area contributed by atoms with Crippen molar-refractivity contribution >= 4 is 0 Å². The minimum absolute atomic E-state index is 0.180. The minimum atomic E-state index is -0.180. The molecule has 0 aromatic carbocycles. The van der Waals surface area contributed by atoms with E-state index in [1.165, 1.54) is 32.1 Å². The van der Waals surface area contributed by atoms with Gasteiger partial charge >= 0.3 is 0 Å². The maximum absolute atomic E-state index is 5.90. The first-order valence-electron chi connectivity index (χ1n) is 4.25. The van der Waals surface area contributed by atoms with Gasteiger partial charge in [0.25, 0.3) is 0 Å². The Morgan fingerprint density at radius 1 is 1.30 bits per heavy atom. The predicted octanol–water partition coefficient (Wildman–Crippen LogP) is 2.12. The van der Waals surface area contributed by atoms with Crippen LogP contribution in [-0.4, -0.2) is 5.54 Å². The fraction of sp³-hybridized carbons (Fsp3) is 0.889. The summed E-state index contributed by atoms with van der Waals surface area (Å²) in [6.07, 6.45) is 6.68. The third-order valence-electron chi connectivity index (χ3n) is 2.54. The Kier molecular flexibility index (Phi) is 2.35. The molecule has 10 heavy (non-hydrogen) atoms. The first-order valence-corrected chi connectivity index (χ1v) is 4.25. The molecule has 1 atom stereocenters. The summed E-state index contributed by atoms with van der Waals surface area (Å²) in [7, 11) is 0. The molecule has 2 N–H and O–H groups in total. The largest absolute Gasteiger partial charge is 0.325 e. The van der Waals surface area contributed by atoms with Crippen molar-refractivity contribution in [1.29, 1.82) is 0 Å². The average Bonchev–Trinajstić information content (AvgIpc) is 1.88. The summed E-state index contributed by atoms with van der Waals surface area (Å²) in [5.41, 5.74) is 5.72. The maximum Gasteiger partial charge on any atom is 0.0155 e. The molecule has 1 radical (unpaired) electrons. The smallest absolute Gasteiger partial charge is 0.0155 e. The van der Waals surface area contributed by atoms with Gasteiger partial charge in [-0.1, -0.05) is 19.3 Å². The molecule has 1 aliphatic rings. The van der Waals surface area contributed by atoms with E-state index in [9.17, 15) is 0 Å². The molecule has 59 valence electrons. The van der Waals surface area contributed by atoms with E-state index in [1.807, 2.05) is 6.92 Å². The fourth-order valence-electron chi connectivity index (χ4n) is 1.76. The third-order valence-corrected chi connectivity index (χ3v) is 2.54. The Morgan fingerprint density at radius 2 is 1.80 bits per heavy atom. The average molecular weight is 140 g/mol. The molecular weight excluding hydrogens is 122 g/mol. The van der Waals surface area contributed by atoms with Crippen LogP contribution in [0.15, 0.2) is 0 Å². The van der Waals surface area contributed by atoms with E-state index in [-0.39, 0.29) is 5.54 Å². The molecule has 1 nitrogen and oxygen atoms in total. The molecule has 0 amide bonds. The van der Waals surface area contributed by atoms with Crippen LogP contribution in [0.5, 0.6) is 0 Å². The van der Waals surface area contributed by atoms with E-state index in [0.29, 0.717) is 5.92 Å². The topological polar surface area (TPSA) is 26.0 Å². The molecule has 0 bridgehead atoms. The van der Waals surface area contributed by atoms with Crippen molar-refractivity contribution in [2.45, 2.75) is 44.6 Å². The van der Waals surface area contributed by atoms with Crippen LogP contribution in [-0.2, 0) is 0 Å². The van der Waals surface area contributed by atoms with Crippen LogP contribution in [0.25, 0.3) is 0 Å². The summed E-state index contributed by atoms with van der Waals surface area (Å²) in [6, 6.07) is 0. The van der Waals surface area contributed by atoms with Crippen molar-refractivity contribution in [2.24, 2.45) is 11.7 Å². The highest BCUT2D eigenvalue weighted by atomic mass is 14.7. The zero-order chi connectivity index (χ0) is 7.61. The van der Waals surface area contributed by atoms with E-state index < -0.39 is 0 Å². The molecule has 0 aliphatic heterocycles. The first kappa shape index (κ1) is 8.06. The van der Waals surface area contributed by atoms with Gasteiger partial charge in [0, 0.05) is 5.54 Å². The molecule has 0 heterocycles. The van der Waals surface area contributed by atoms with Gasteiger partial charge in [0.15, 0.2) is 0 Å². The van der Waals surface area contributed by atoms with Gasteiger partial charge in [-0.2, -0.15) is 0 Å². The molecule has 1 rings (SSSR count). The monoisotopic (exact) mass is 140 g/mol. The highest BCUT2D eigenvalue weighted by Crippen LogP contribution is 2.30. The second-order valence-corrected chi connectivity index (χ2v) is 3.84. The summed E-state index contributed by atoms with van der Waals surface area (Å²) in [5.74, 6) is 0.668. The van der Waals surface area contributed by atoms with Crippen LogP contribution in [0, 0.1) is 12.8 Å². The standard InChI is InChI=1S/C9H18N/c1-9(2,10)8-6-4-3-5-7-8/h8H,1,3-7,10H2,2H3. The van der Waals surface area contributed by atoms with Crippen molar-refractivity contribution in [3.05, 3.63) is 6.92 Å². The molecular formula is C9H18N. The molecule has 0 saturated heterocycles. The van der Waals surface area contributed by atoms with Gasteiger partial charge in [0.2, 0.25) is 0 Å². The third kappa shape index (κ3) is 1.98. The fourth-order valence-corrected chi connectivity index (χ4v) is 1.76. The number of nitrogens with two attached hydrogens (primary N) is 1. The molecule has 1 heteroatoms. The highest BCUT2D eigenvalue weighted by Gasteiger charge is 2.26. The lowest BCUT2D eigenvalue weighted by Crippen LogP contribution is -2.42. The Labute approximate surface area is 64.0 Å². The summed E-state index contributed by atoms with van der Waals surface area (Å²) in [4.78, 5) is 0. The molecule has 0 aromatic heterocycles.